The molecule has 0 saturated carbocycles. The third kappa shape index (κ3) is 3.43. The Morgan fingerprint density at radius 2 is 2.37 bits per heavy atom. The van der Waals surface area contributed by atoms with Gasteiger partial charge in [0.25, 0.3) is 0 Å². The highest BCUT2D eigenvalue weighted by molar-refractivity contribution is 5.87. The van der Waals surface area contributed by atoms with E-state index in [4.69, 9.17) is 5.11 Å². The van der Waals surface area contributed by atoms with Crippen LogP contribution in [0.2, 0.25) is 0 Å². The molecule has 0 aromatic carbocycles. The molecular weight excluding hydrogens is 246 g/mol. The van der Waals surface area contributed by atoms with Gasteiger partial charge in [0.15, 0.2) is 0 Å². The summed E-state index contributed by atoms with van der Waals surface area (Å²) >= 11 is 0. The van der Waals surface area contributed by atoms with Crippen molar-refractivity contribution in [2.24, 2.45) is 5.92 Å². The monoisotopic (exact) mass is 263 g/mol. The second kappa shape index (κ2) is 5.69. The van der Waals surface area contributed by atoms with Crippen molar-refractivity contribution in [2.45, 2.75) is 19.9 Å². The van der Waals surface area contributed by atoms with Crippen LogP contribution >= 0.6 is 0 Å². The van der Waals surface area contributed by atoms with Crippen LogP contribution in [0.15, 0.2) is 18.3 Å². The van der Waals surface area contributed by atoms with Crippen molar-refractivity contribution in [3.63, 3.8) is 0 Å². The zero-order chi connectivity index (χ0) is 13.8. The van der Waals surface area contributed by atoms with Crippen LogP contribution in [0.5, 0.6) is 0 Å². The summed E-state index contributed by atoms with van der Waals surface area (Å²) in [6.45, 7) is 3.90. The Hall–Kier alpha value is -2.11. The minimum absolute atomic E-state index is 0.119. The summed E-state index contributed by atoms with van der Waals surface area (Å²) in [6, 6.07) is 2.78. The molecule has 1 aromatic rings. The lowest BCUT2D eigenvalue weighted by molar-refractivity contribution is 0.0696. The minimum atomic E-state index is -0.997. The number of aromatic nitrogens is 1. The normalized spacial score (nSPS) is 18.4. The summed E-state index contributed by atoms with van der Waals surface area (Å²) in [5.74, 6) is -0.456. The number of likely N-dealkylation sites (tertiary alicyclic amines) is 1. The third-order valence-electron chi connectivity index (χ3n) is 3.20. The third-order valence-corrected chi connectivity index (χ3v) is 3.20. The number of carboxylic acid groups (broad SMARTS) is 1. The van der Waals surface area contributed by atoms with E-state index in [2.05, 4.69) is 17.2 Å². The van der Waals surface area contributed by atoms with Gasteiger partial charge in [0.2, 0.25) is 0 Å². The maximum absolute atomic E-state index is 11.9. The van der Waals surface area contributed by atoms with Crippen LogP contribution in [0.25, 0.3) is 0 Å². The zero-order valence-corrected chi connectivity index (χ0v) is 10.8. The second-order valence-corrected chi connectivity index (χ2v) is 4.84. The number of nitrogens with zero attached hydrogens (tertiary/aromatic N) is 2. The van der Waals surface area contributed by atoms with Gasteiger partial charge in [-0.05, 0) is 24.5 Å². The number of carbonyl (C=O) groups excluding carboxylic acids is 1. The molecular formula is C13H17N3O3. The van der Waals surface area contributed by atoms with Crippen molar-refractivity contribution in [1.82, 2.24) is 15.2 Å². The molecule has 1 saturated heterocycles. The van der Waals surface area contributed by atoms with Crippen molar-refractivity contribution in [2.75, 3.05) is 13.1 Å². The van der Waals surface area contributed by atoms with E-state index in [0.717, 1.165) is 19.5 Å². The lowest BCUT2D eigenvalue weighted by Crippen LogP contribution is -2.38. The predicted molar refractivity (Wildman–Crippen MR) is 68.8 cm³/mol. The largest absolute Gasteiger partial charge is 0.478 e. The fourth-order valence-corrected chi connectivity index (χ4v) is 2.11. The van der Waals surface area contributed by atoms with Crippen LogP contribution in [0.4, 0.5) is 4.79 Å². The summed E-state index contributed by atoms with van der Waals surface area (Å²) in [4.78, 5) is 28.5. The van der Waals surface area contributed by atoms with Crippen molar-refractivity contribution in [3.05, 3.63) is 29.6 Å². The number of pyridine rings is 1. The van der Waals surface area contributed by atoms with E-state index in [-0.39, 0.29) is 18.1 Å². The first-order valence-electron chi connectivity index (χ1n) is 6.27. The molecule has 6 nitrogen and oxygen atoms in total. The van der Waals surface area contributed by atoms with Gasteiger partial charge in [-0.2, -0.15) is 0 Å². The molecule has 0 spiro atoms. The maximum atomic E-state index is 11.9. The Labute approximate surface area is 111 Å². The van der Waals surface area contributed by atoms with Crippen LogP contribution in [0.3, 0.4) is 0 Å². The molecule has 1 aliphatic rings. The van der Waals surface area contributed by atoms with Crippen LogP contribution in [-0.2, 0) is 6.54 Å². The molecule has 102 valence electrons. The topological polar surface area (TPSA) is 82.5 Å². The molecule has 0 radical (unpaired) electrons. The fraction of sp³-hybridized carbons (Fsp3) is 0.462. The highest BCUT2D eigenvalue weighted by Crippen LogP contribution is 2.14. The Bertz CT molecular complexity index is 490. The van der Waals surface area contributed by atoms with Gasteiger partial charge >= 0.3 is 12.0 Å². The van der Waals surface area contributed by atoms with E-state index in [1.165, 1.54) is 18.3 Å². The average Bonchev–Trinajstić information content (AvgIpc) is 2.83. The predicted octanol–water partition coefficient (Wildman–Crippen LogP) is 1.33. The smallest absolute Gasteiger partial charge is 0.335 e. The molecule has 2 rings (SSSR count). The average molecular weight is 263 g/mol. The molecule has 1 unspecified atom stereocenters. The summed E-state index contributed by atoms with van der Waals surface area (Å²) in [7, 11) is 0. The van der Waals surface area contributed by atoms with Gasteiger partial charge in [0.1, 0.15) is 0 Å². The Kier molecular flexibility index (Phi) is 3.99. The molecule has 19 heavy (non-hydrogen) atoms. The summed E-state index contributed by atoms with van der Waals surface area (Å²) < 4.78 is 0. The lowest BCUT2D eigenvalue weighted by atomic mass is 10.2. The number of aromatic carboxylic acids is 1. The van der Waals surface area contributed by atoms with Crippen molar-refractivity contribution < 1.29 is 14.7 Å². The highest BCUT2D eigenvalue weighted by Gasteiger charge is 2.22. The Morgan fingerprint density at radius 1 is 1.58 bits per heavy atom. The molecule has 1 atom stereocenters. The number of carbonyl (C=O) groups is 2. The van der Waals surface area contributed by atoms with Gasteiger partial charge in [-0.15, -0.1) is 0 Å². The summed E-state index contributed by atoms with van der Waals surface area (Å²) in [5, 5.41) is 11.6. The van der Waals surface area contributed by atoms with Crippen molar-refractivity contribution >= 4 is 12.0 Å². The molecule has 2 heterocycles. The molecule has 2 amide bonds. The van der Waals surface area contributed by atoms with Crippen LogP contribution in [0.1, 0.15) is 29.4 Å². The number of urea groups is 1. The molecule has 0 bridgehead atoms. The van der Waals surface area contributed by atoms with E-state index in [0.29, 0.717) is 11.6 Å². The van der Waals surface area contributed by atoms with E-state index >= 15 is 0 Å². The first-order valence-corrected chi connectivity index (χ1v) is 6.27. The van der Waals surface area contributed by atoms with E-state index in [9.17, 15) is 9.59 Å². The number of hydrogen-bond donors (Lipinski definition) is 2. The Balaban J connectivity index is 1.90. The molecule has 0 aliphatic carbocycles. The molecule has 1 aliphatic heterocycles. The number of rotatable bonds is 3. The highest BCUT2D eigenvalue weighted by atomic mass is 16.4. The van der Waals surface area contributed by atoms with Gasteiger partial charge in [0.05, 0.1) is 17.8 Å². The van der Waals surface area contributed by atoms with E-state index < -0.39 is 5.97 Å². The quantitative estimate of drug-likeness (QED) is 0.862. The van der Waals surface area contributed by atoms with Gasteiger partial charge < -0.3 is 15.3 Å². The number of hydrogen-bond acceptors (Lipinski definition) is 3. The van der Waals surface area contributed by atoms with Gasteiger partial charge in [-0.25, -0.2) is 9.59 Å². The van der Waals surface area contributed by atoms with Gasteiger partial charge in [0, 0.05) is 19.3 Å². The van der Waals surface area contributed by atoms with Crippen molar-refractivity contribution in [1.29, 1.82) is 0 Å². The second-order valence-electron chi connectivity index (χ2n) is 4.84. The summed E-state index contributed by atoms with van der Waals surface area (Å²) in [6.07, 6.45) is 2.46. The molecule has 1 fully saturated rings. The Morgan fingerprint density at radius 3 is 3.00 bits per heavy atom. The number of carboxylic acids is 1. The van der Waals surface area contributed by atoms with Crippen LogP contribution in [-0.4, -0.2) is 40.1 Å². The van der Waals surface area contributed by atoms with E-state index in [1.807, 2.05) is 0 Å². The van der Waals surface area contributed by atoms with Crippen molar-refractivity contribution in [3.8, 4) is 0 Å². The molecule has 6 heteroatoms. The minimum Gasteiger partial charge on any atom is -0.478 e. The number of nitrogens with one attached hydrogen (secondary N) is 1. The zero-order valence-electron chi connectivity index (χ0n) is 10.8. The van der Waals surface area contributed by atoms with Gasteiger partial charge in [-0.1, -0.05) is 6.92 Å². The van der Waals surface area contributed by atoms with Crippen LogP contribution < -0.4 is 5.32 Å². The molecule has 1 aromatic heterocycles. The van der Waals surface area contributed by atoms with Crippen LogP contribution in [0, 0.1) is 5.92 Å². The summed E-state index contributed by atoms with van der Waals surface area (Å²) in [5.41, 5.74) is 0.717. The number of amides is 2. The SMILES string of the molecule is CC1CCN(C(=O)NCc2cc(C(=O)O)ccn2)C1. The standard InChI is InChI=1S/C13H17N3O3/c1-9-3-5-16(8-9)13(19)15-7-11-6-10(12(17)18)2-4-14-11/h2,4,6,9H,3,5,7-8H2,1H3,(H,15,19)(H,17,18). The first-order chi connectivity index (χ1) is 9.06. The first kappa shape index (κ1) is 13.3. The fourth-order valence-electron chi connectivity index (χ4n) is 2.11. The van der Waals surface area contributed by atoms with E-state index in [1.54, 1.807) is 4.90 Å². The molecule has 2 N–H and O–H groups in total. The van der Waals surface area contributed by atoms with Gasteiger partial charge in [-0.3, -0.25) is 4.98 Å². The maximum Gasteiger partial charge on any atom is 0.335 e. The lowest BCUT2D eigenvalue weighted by Gasteiger charge is -2.16.